The summed E-state index contributed by atoms with van der Waals surface area (Å²) in [5.41, 5.74) is 2.16. The van der Waals surface area contributed by atoms with Gasteiger partial charge in [-0.2, -0.15) is 0 Å². The molecule has 0 radical (unpaired) electrons. The maximum atomic E-state index is 12.4. The molecule has 5 nitrogen and oxygen atoms in total. The van der Waals surface area contributed by atoms with Crippen molar-refractivity contribution in [1.29, 1.82) is 0 Å². The number of aryl methyl sites for hydroxylation is 2. The molecule has 0 saturated carbocycles. The second kappa shape index (κ2) is 9.06. The topological polar surface area (TPSA) is 74.8 Å². The number of hydrogen-bond donors (Lipinski definition) is 2. The van der Waals surface area contributed by atoms with Crippen molar-refractivity contribution in [3.05, 3.63) is 50.9 Å². The molecule has 0 aliphatic rings. The maximum absolute atomic E-state index is 12.4. The Balaban J connectivity index is 2.04. The molecule has 0 aliphatic carbocycles. The van der Waals surface area contributed by atoms with Gasteiger partial charge in [0.2, 0.25) is 5.91 Å². The van der Waals surface area contributed by atoms with Gasteiger partial charge in [-0.15, -0.1) is 0 Å². The number of H-pyrrole nitrogens is 1. The van der Waals surface area contributed by atoms with Crippen molar-refractivity contribution in [1.82, 2.24) is 9.97 Å². The predicted octanol–water partition coefficient (Wildman–Crippen LogP) is 4.19. The lowest BCUT2D eigenvalue weighted by molar-refractivity contribution is -0.115. The number of aromatic amines is 1. The smallest absolute Gasteiger partial charge is 0.251 e. The summed E-state index contributed by atoms with van der Waals surface area (Å²) >= 11 is 7.31. The van der Waals surface area contributed by atoms with Crippen LogP contribution < -0.4 is 10.9 Å². The zero-order valence-electron chi connectivity index (χ0n) is 14.6. The Morgan fingerprint density at radius 3 is 2.84 bits per heavy atom. The van der Waals surface area contributed by atoms with Crippen LogP contribution in [0.4, 0.5) is 5.69 Å². The maximum Gasteiger partial charge on any atom is 0.251 e. The molecule has 0 aliphatic heterocycles. The Bertz CT molecular complexity index is 807. The second-order valence-corrected chi connectivity index (χ2v) is 7.60. The predicted molar refractivity (Wildman–Crippen MR) is 104 cm³/mol. The molecule has 7 heteroatoms. The van der Waals surface area contributed by atoms with Crippen molar-refractivity contribution in [2.24, 2.45) is 0 Å². The molecule has 2 rings (SSSR count). The van der Waals surface area contributed by atoms with Gasteiger partial charge in [-0.25, -0.2) is 4.98 Å². The number of rotatable bonds is 7. The first-order chi connectivity index (χ1) is 11.9. The minimum Gasteiger partial charge on any atom is -0.325 e. The van der Waals surface area contributed by atoms with Gasteiger partial charge in [-0.1, -0.05) is 42.8 Å². The molecule has 2 aromatic rings. The summed E-state index contributed by atoms with van der Waals surface area (Å²) < 4.78 is 0. The molecule has 0 spiro atoms. The van der Waals surface area contributed by atoms with E-state index in [1.54, 1.807) is 13.0 Å². The average Bonchev–Trinajstić information content (AvgIpc) is 2.55. The van der Waals surface area contributed by atoms with Gasteiger partial charge < -0.3 is 10.3 Å². The van der Waals surface area contributed by atoms with E-state index < -0.39 is 5.25 Å². The van der Waals surface area contributed by atoms with Crippen LogP contribution in [0.2, 0.25) is 5.02 Å². The van der Waals surface area contributed by atoms with Gasteiger partial charge in [0.1, 0.15) is 0 Å². The highest BCUT2D eigenvalue weighted by molar-refractivity contribution is 8.00. The van der Waals surface area contributed by atoms with E-state index in [-0.39, 0.29) is 11.5 Å². The molecular weight excluding hydrogens is 358 g/mol. The average molecular weight is 380 g/mol. The standard InChI is InChI=1S/C18H22ClN3O2S/c1-4-5-6-13-10-16(23)22-18(21-13)25-12(3)17(24)20-14-8-7-11(2)15(19)9-14/h7-10,12H,4-6H2,1-3H3,(H,20,24)(H,21,22,23). The van der Waals surface area contributed by atoms with Crippen molar-refractivity contribution < 1.29 is 4.79 Å². The largest absolute Gasteiger partial charge is 0.325 e. The molecule has 1 amide bonds. The fourth-order valence-electron chi connectivity index (χ4n) is 2.16. The number of halogens is 1. The lowest BCUT2D eigenvalue weighted by atomic mass is 10.2. The van der Waals surface area contributed by atoms with Crippen LogP contribution in [0.25, 0.3) is 0 Å². The van der Waals surface area contributed by atoms with E-state index >= 15 is 0 Å². The van der Waals surface area contributed by atoms with Gasteiger partial charge in [0.25, 0.3) is 5.56 Å². The lowest BCUT2D eigenvalue weighted by Crippen LogP contribution is -2.23. The highest BCUT2D eigenvalue weighted by Crippen LogP contribution is 2.23. The number of nitrogens with one attached hydrogen (secondary N) is 2. The van der Waals surface area contributed by atoms with Gasteiger partial charge in [0.15, 0.2) is 5.16 Å². The molecule has 25 heavy (non-hydrogen) atoms. The summed E-state index contributed by atoms with van der Waals surface area (Å²) in [5.74, 6) is -0.175. The fraction of sp³-hybridized carbons (Fsp3) is 0.389. The van der Waals surface area contributed by atoms with E-state index in [2.05, 4.69) is 22.2 Å². The third-order valence-corrected chi connectivity index (χ3v) is 5.05. The Hall–Kier alpha value is -1.79. The van der Waals surface area contributed by atoms with Gasteiger partial charge in [-0.3, -0.25) is 9.59 Å². The number of carbonyl (C=O) groups is 1. The molecule has 0 fully saturated rings. The minimum absolute atomic E-state index is 0.175. The van der Waals surface area contributed by atoms with Crippen molar-refractivity contribution >= 4 is 35.0 Å². The van der Waals surface area contributed by atoms with Crippen molar-refractivity contribution in [2.45, 2.75) is 50.4 Å². The molecule has 1 unspecified atom stereocenters. The normalized spacial score (nSPS) is 12.0. The molecule has 0 saturated heterocycles. The summed E-state index contributed by atoms with van der Waals surface area (Å²) in [4.78, 5) is 31.2. The van der Waals surface area contributed by atoms with Gasteiger partial charge in [-0.05, 0) is 44.4 Å². The molecule has 1 aromatic carbocycles. The molecule has 134 valence electrons. The van der Waals surface area contributed by atoms with E-state index in [9.17, 15) is 9.59 Å². The van der Waals surface area contributed by atoms with Crippen LogP contribution in [0.5, 0.6) is 0 Å². The van der Waals surface area contributed by atoms with E-state index in [1.165, 1.54) is 17.8 Å². The summed E-state index contributed by atoms with van der Waals surface area (Å²) in [6, 6.07) is 6.89. The monoisotopic (exact) mass is 379 g/mol. The van der Waals surface area contributed by atoms with E-state index in [0.29, 0.717) is 15.9 Å². The first kappa shape index (κ1) is 19.5. The van der Waals surface area contributed by atoms with Gasteiger partial charge in [0.05, 0.1) is 5.25 Å². The third kappa shape index (κ3) is 5.90. The van der Waals surface area contributed by atoms with Crippen molar-refractivity contribution in [2.75, 3.05) is 5.32 Å². The van der Waals surface area contributed by atoms with Crippen LogP contribution in [0, 0.1) is 6.92 Å². The van der Waals surface area contributed by atoms with Crippen LogP contribution >= 0.6 is 23.4 Å². The fourth-order valence-corrected chi connectivity index (χ4v) is 3.17. The van der Waals surface area contributed by atoms with Crippen LogP contribution in [-0.2, 0) is 11.2 Å². The van der Waals surface area contributed by atoms with Crippen LogP contribution in [0.1, 0.15) is 37.9 Å². The lowest BCUT2D eigenvalue weighted by Gasteiger charge is -2.12. The number of thioether (sulfide) groups is 1. The van der Waals surface area contributed by atoms with Gasteiger partial charge >= 0.3 is 0 Å². The summed E-state index contributed by atoms with van der Waals surface area (Å²) in [6.07, 6.45) is 2.77. The Labute approximate surface area is 156 Å². The molecule has 0 bridgehead atoms. The van der Waals surface area contributed by atoms with E-state index in [1.807, 2.05) is 19.1 Å². The number of unbranched alkanes of at least 4 members (excludes halogenated alkanes) is 1. The van der Waals surface area contributed by atoms with Crippen molar-refractivity contribution in [3.8, 4) is 0 Å². The zero-order chi connectivity index (χ0) is 18.4. The van der Waals surface area contributed by atoms with E-state index in [4.69, 9.17) is 11.6 Å². The Morgan fingerprint density at radius 2 is 2.16 bits per heavy atom. The summed E-state index contributed by atoms with van der Waals surface area (Å²) in [5, 5.41) is 3.48. The Kier molecular flexibility index (Phi) is 7.08. The van der Waals surface area contributed by atoms with Crippen LogP contribution in [0.15, 0.2) is 34.2 Å². The third-order valence-electron chi connectivity index (χ3n) is 3.66. The molecule has 2 N–H and O–H groups in total. The summed E-state index contributed by atoms with van der Waals surface area (Å²) in [7, 11) is 0. The van der Waals surface area contributed by atoms with E-state index in [0.717, 1.165) is 30.5 Å². The second-order valence-electron chi connectivity index (χ2n) is 5.86. The van der Waals surface area contributed by atoms with Crippen LogP contribution in [0.3, 0.4) is 0 Å². The number of nitrogens with zero attached hydrogens (tertiary/aromatic N) is 1. The van der Waals surface area contributed by atoms with Gasteiger partial charge in [0, 0.05) is 22.5 Å². The first-order valence-corrected chi connectivity index (χ1v) is 9.48. The molecule has 1 heterocycles. The quantitative estimate of drug-likeness (QED) is 0.558. The highest BCUT2D eigenvalue weighted by atomic mass is 35.5. The van der Waals surface area contributed by atoms with Crippen molar-refractivity contribution in [3.63, 3.8) is 0 Å². The number of hydrogen-bond acceptors (Lipinski definition) is 4. The molecule has 1 atom stereocenters. The molecular formula is C18H22ClN3O2S. The number of anilines is 1. The SMILES string of the molecule is CCCCc1cc(=O)[nH]c(SC(C)C(=O)Nc2ccc(C)c(Cl)c2)n1. The number of carbonyl (C=O) groups excluding carboxylic acids is 1. The molecule has 1 aromatic heterocycles. The Morgan fingerprint density at radius 1 is 1.40 bits per heavy atom. The number of benzene rings is 1. The van der Waals surface area contributed by atoms with Crippen LogP contribution in [-0.4, -0.2) is 21.1 Å². The first-order valence-electron chi connectivity index (χ1n) is 8.23. The summed E-state index contributed by atoms with van der Waals surface area (Å²) in [6.45, 7) is 5.76. The number of aromatic nitrogens is 2. The number of amides is 1. The highest BCUT2D eigenvalue weighted by Gasteiger charge is 2.17. The zero-order valence-corrected chi connectivity index (χ0v) is 16.1. The minimum atomic E-state index is -0.412.